The third-order valence-corrected chi connectivity index (χ3v) is 14.6. The van der Waals surface area contributed by atoms with Gasteiger partial charge in [-0.15, -0.1) is 5.75 Å². The van der Waals surface area contributed by atoms with E-state index in [1.165, 1.54) is 25.3 Å². The number of aliphatic carboxylic acids is 1. The fourth-order valence-corrected chi connectivity index (χ4v) is 11.0. The molecule has 8 unspecified atom stereocenters. The first-order valence-electron chi connectivity index (χ1n) is 24.4. The maximum Gasteiger partial charge on any atom is 0.309 e. The third-order valence-electron chi connectivity index (χ3n) is 14.6. The second kappa shape index (κ2) is 22.9. The van der Waals surface area contributed by atoms with E-state index in [9.17, 15) is 35.4 Å². The van der Waals surface area contributed by atoms with Crippen molar-refractivity contribution in [2.45, 2.75) is 134 Å². The van der Waals surface area contributed by atoms with Crippen molar-refractivity contribution >= 4 is 11.8 Å². The first kappa shape index (κ1) is 48.5. The van der Waals surface area contributed by atoms with Gasteiger partial charge in [-0.1, -0.05) is 118 Å². The lowest BCUT2D eigenvalue weighted by Gasteiger charge is -2.32. The molecule has 0 aliphatic heterocycles. The summed E-state index contributed by atoms with van der Waals surface area (Å²) in [6, 6.07) is 28.5. The van der Waals surface area contributed by atoms with E-state index in [2.05, 4.69) is 35.1 Å². The van der Waals surface area contributed by atoms with Crippen LogP contribution >= 0.6 is 0 Å². The number of carboxylic acids is 1. The van der Waals surface area contributed by atoms with Crippen molar-refractivity contribution in [3.63, 3.8) is 0 Å². The number of benzene rings is 3. The van der Waals surface area contributed by atoms with E-state index in [0.29, 0.717) is 73.5 Å². The van der Waals surface area contributed by atoms with E-state index in [1.807, 2.05) is 72.8 Å². The Morgan fingerprint density at radius 1 is 0.879 bits per heavy atom. The summed E-state index contributed by atoms with van der Waals surface area (Å²) in [5, 5.41) is 69.8. The number of aromatic hydroxyl groups is 1. The van der Waals surface area contributed by atoms with Crippen molar-refractivity contribution in [1.82, 2.24) is 9.97 Å². The standard InChI is InChI=1S/C56H71N3O7/c1-2-3-7-14-38-21-22-42(51(62)30-38)19-12-6-13-20-46(55(64)65)50(61)23-25-56(66)36-40(27-39-24-26-58-53(57)31-39)28-43(56)32-44-33-47(41-17-10-5-11-18-41)54(59-44)49-34-45(60)35-52(63)48(49)29-37-15-8-4-9-16-37/h4-5,8-11,15-18,21-22,24,26,31,33-35,38,40,42-43,46,50-51,59-63,66H,2-3,6-7,12-14,19-20,23,25,27-30,32,36H2,1H3,(H2,57,58)(H,64,65)/p-1. The van der Waals surface area contributed by atoms with Crippen molar-refractivity contribution in [2.24, 2.45) is 29.6 Å². The molecule has 2 aromatic heterocycles. The largest absolute Gasteiger partial charge is 0.872 e. The fourth-order valence-electron chi connectivity index (χ4n) is 11.0. The van der Waals surface area contributed by atoms with Gasteiger partial charge < -0.3 is 41.4 Å². The lowest BCUT2D eigenvalue weighted by Crippen LogP contribution is -2.37. The smallest absolute Gasteiger partial charge is 0.309 e. The van der Waals surface area contributed by atoms with Gasteiger partial charge in [0.25, 0.3) is 0 Å². The van der Waals surface area contributed by atoms with E-state index >= 15 is 0 Å². The first-order chi connectivity index (χ1) is 31.9. The van der Waals surface area contributed by atoms with Gasteiger partial charge >= 0.3 is 5.97 Å². The molecule has 1 fully saturated rings. The molecule has 3 aromatic carbocycles. The van der Waals surface area contributed by atoms with Crippen LogP contribution in [0.4, 0.5) is 5.82 Å². The number of unbranched alkanes of at least 4 members (excludes halogenated alkanes) is 4. The number of hydrogen-bond acceptors (Lipinski definition) is 8. The van der Waals surface area contributed by atoms with Gasteiger partial charge in [0.15, 0.2) is 0 Å². The molecule has 10 nitrogen and oxygen atoms in total. The van der Waals surface area contributed by atoms with Crippen LogP contribution in [-0.2, 0) is 24.1 Å². The molecular formula is C56H70N3O7-. The Morgan fingerprint density at radius 3 is 2.36 bits per heavy atom. The molecule has 352 valence electrons. The predicted octanol–water partition coefficient (Wildman–Crippen LogP) is 10.2. The van der Waals surface area contributed by atoms with Gasteiger partial charge in [0.1, 0.15) is 11.6 Å². The molecule has 0 amide bonds. The van der Waals surface area contributed by atoms with Crippen LogP contribution in [-0.4, -0.2) is 59.3 Å². The number of aromatic amines is 1. The Bertz CT molecular complexity index is 2350. The zero-order valence-corrected chi connectivity index (χ0v) is 38.5. The Labute approximate surface area is 390 Å². The molecule has 8 N–H and O–H groups in total. The molecule has 2 aliphatic rings. The highest BCUT2D eigenvalue weighted by molar-refractivity contribution is 5.85. The van der Waals surface area contributed by atoms with Gasteiger partial charge in [0.05, 0.1) is 29.4 Å². The highest BCUT2D eigenvalue weighted by atomic mass is 16.4. The van der Waals surface area contributed by atoms with E-state index in [1.54, 1.807) is 12.3 Å². The summed E-state index contributed by atoms with van der Waals surface area (Å²) in [5.74, 6) is -1.50. The Hall–Kier alpha value is -5.42. The Morgan fingerprint density at radius 2 is 1.64 bits per heavy atom. The average molecular weight is 897 g/mol. The van der Waals surface area contributed by atoms with Gasteiger partial charge in [-0.2, -0.15) is 0 Å². The number of phenols is 1. The number of carbonyl (C=O) groups is 1. The zero-order chi connectivity index (χ0) is 46.6. The molecule has 2 aliphatic carbocycles. The van der Waals surface area contributed by atoms with Gasteiger partial charge in [0.2, 0.25) is 0 Å². The maximum atomic E-state index is 13.6. The first-order valence-corrected chi connectivity index (χ1v) is 24.4. The van der Waals surface area contributed by atoms with Gasteiger partial charge in [-0.25, -0.2) is 4.98 Å². The molecule has 0 bridgehead atoms. The number of rotatable bonds is 23. The number of nitrogens with two attached hydrogens (primary N) is 1. The highest BCUT2D eigenvalue weighted by Crippen LogP contribution is 2.47. The van der Waals surface area contributed by atoms with Crippen LogP contribution in [0.1, 0.15) is 119 Å². The minimum atomic E-state index is -1.21. The number of carboxylic acid groups (broad SMARTS) is 1. The number of aliphatic hydroxyl groups excluding tert-OH is 2. The molecule has 0 saturated heterocycles. The number of anilines is 1. The molecule has 0 spiro atoms. The second-order valence-electron chi connectivity index (χ2n) is 19.5. The maximum absolute atomic E-state index is 13.6. The highest BCUT2D eigenvalue weighted by Gasteiger charge is 2.46. The van der Waals surface area contributed by atoms with E-state index in [-0.39, 0.29) is 48.2 Å². The summed E-state index contributed by atoms with van der Waals surface area (Å²) >= 11 is 0. The number of phenolic OH excluding ortho intramolecular Hbond substituents is 1. The van der Waals surface area contributed by atoms with Crippen molar-refractivity contribution in [3.05, 3.63) is 132 Å². The van der Waals surface area contributed by atoms with Crippen LogP contribution in [0.5, 0.6) is 11.5 Å². The minimum absolute atomic E-state index is 0.0910. The second-order valence-corrected chi connectivity index (χ2v) is 19.5. The summed E-state index contributed by atoms with van der Waals surface area (Å²) in [5.41, 5.74) is 11.4. The number of allylic oxidation sites excluding steroid dienone is 1. The van der Waals surface area contributed by atoms with Gasteiger partial charge in [-0.3, -0.25) is 4.79 Å². The SMILES string of the molecule is CCCCCC1C=CC(CCCCCC(C(=O)O)C(O)CCC2(O)CC(Cc3ccnc(N)c3)CC2Cc2cc(-c3ccccc3)c(-c3cc(O)cc([O-])c3Cc3ccccc3)[nH]2)C(O)C1. The minimum Gasteiger partial charge on any atom is -0.872 e. The number of nitrogens with zero attached hydrogens (tertiary/aromatic N) is 1. The van der Waals surface area contributed by atoms with Gasteiger partial charge in [-0.05, 0) is 141 Å². The monoisotopic (exact) mass is 897 g/mol. The van der Waals surface area contributed by atoms with Crippen molar-refractivity contribution in [2.75, 3.05) is 5.73 Å². The normalized spacial score (nSPS) is 22.6. The lowest BCUT2D eigenvalue weighted by atomic mass is 9.80. The number of pyridine rings is 1. The number of aromatic nitrogens is 2. The van der Waals surface area contributed by atoms with E-state index in [0.717, 1.165) is 60.1 Å². The van der Waals surface area contributed by atoms with Crippen LogP contribution in [0.15, 0.2) is 109 Å². The molecule has 8 atom stereocenters. The lowest BCUT2D eigenvalue weighted by molar-refractivity contribution is -0.269. The van der Waals surface area contributed by atoms with Crippen LogP contribution in [0.25, 0.3) is 22.4 Å². The topological polar surface area (TPSA) is 196 Å². The number of hydrogen-bond donors (Lipinski definition) is 7. The molecule has 5 aromatic rings. The third kappa shape index (κ3) is 12.7. The number of aliphatic hydroxyl groups is 3. The molecule has 7 rings (SSSR count). The molecule has 0 radical (unpaired) electrons. The fraction of sp³-hybridized carbons (Fsp3) is 0.464. The molecule has 1 saturated carbocycles. The van der Waals surface area contributed by atoms with E-state index in [4.69, 9.17) is 5.73 Å². The summed E-state index contributed by atoms with van der Waals surface area (Å²) in [7, 11) is 0. The van der Waals surface area contributed by atoms with Crippen molar-refractivity contribution in [1.29, 1.82) is 0 Å². The number of H-pyrrole nitrogens is 1. The average Bonchev–Trinajstić information content (AvgIpc) is 3.86. The van der Waals surface area contributed by atoms with Crippen molar-refractivity contribution < 1.29 is 35.4 Å². The predicted molar refractivity (Wildman–Crippen MR) is 260 cm³/mol. The quantitative estimate of drug-likeness (QED) is 0.0247. The molecule has 10 heteroatoms. The van der Waals surface area contributed by atoms with E-state index < -0.39 is 23.6 Å². The summed E-state index contributed by atoms with van der Waals surface area (Å²) in [6.45, 7) is 2.20. The van der Waals surface area contributed by atoms with Crippen LogP contribution in [0.2, 0.25) is 0 Å². The number of nitrogen functional groups attached to an aromatic ring is 1. The summed E-state index contributed by atoms with van der Waals surface area (Å²) < 4.78 is 0. The molecule has 2 heterocycles. The Kier molecular flexibility index (Phi) is 16.8. The van der Waals surface area contributed by atoms with Gasteiger partial charge in [0, 0.05) is 28.9 Å². The van der Waals surface area contributed by atoms with Crippen molar-refractivity contribution in [3.8, 4) is 33.9 Å². The van der Waals surface area contributed by atoms with Crippen LogP contribution < -0.4 is 10.8 Å². The Balaban J connectivity index is 1.07. The molecular weight excluding hydrogens is 827 g/mol. The van der Waals surface area contributed by atoms with Crippen LogP contribution in [0, 0.1) is 29.6 Å². The summed E-state index contributed by atoms with van der Waals surface area (Å²) in [4.78, 5) is 20.4. The van der Waals surface area contributed by atoms with Crippen LogP contribution in [0.3, 0.4) is 0 Å². The summed E-state index contributed by atoms with van der Waals surface area (Å²) in [6.07, 6.45) is 16.8. The zero-order valence-electron chi connectivity index (χ0n) is 38.5. The molecule has 66 heavy (non-hydrogen) atoms. The number of nitrogens with one attached hydrogen (secondary N) is 1.